The Labute approximate surface area is 248 Å². The number of carbonyl (C=O) groups excluding carboxylic acids is 2. The van der Waals surface area contributed by atoms with Gasteiger partial charge in [-0.2, -0.15) is 0 Å². The fourth-order valence-corrected chi connectivity index (χ4v) is 6.70. The highest BCUT2D eigenvalue weighted by molar-refractivity contribution is 7.92. The van der Waals surface area contributed by atoms with Crippen molar-refractivity contribution in [1.82, 2.24) is 10.2 Å². The molecule has 0 heterocycles. The van der Waals surface area contributed by atoms with E-state index < -0.39 is 28.5 Å². The molecule has 1 aliphatic rings. The molecule has 1 saturated carbocycles. The highest BCUT2D eigenvalue weighted by Crippen LogP contribution is 2.30. The number of aryl methyl sites for hydroxylation is 3. The Morgan fingerprint density at radius 2 is 1.51 bits per heavy atom. The molecule has 3 aromatic carbocycles. The molecule has 9 heteroatoms. The van der Waals surface area contributed by atoms with E-state index in [-0.39, 0.29) is 23.4 Å². The van der Waals surface area contributed by atoms with Gasteiger partial charge in [0.15, 0.2) is 0 Å². The van der Waals surface area contributed by atoms with Gasteiger partial charge >= 0.3 is 0 Å². The van der Waals surface area contributed by atoms with Gasteiger partial charge in [-0.05, 0) is 75.9 Å². The molecule has 0 unspecified atom stereocenters. The van der Waals surface area contributed by atoms with Gasteiger partial charge in [0.05, 0.1) is 10.6 Å². The minimum Gasteiger partial charge on any atom is -0.352 e. The summed E-state index contributed by atoms with van der Waals surface area (Å²) in [7, 11) is -4.16. The fraction of sp³-hybridized carbons (Fsp3) is 0.375. The highest BCUT2D eigenvalue weighted by atomic mass is 35.5. The lowest BCUT2D eigenvalue weighted by atomic mass is 10.1. The normalized spacial score (nSPS) is 14.5. The summed E-state index contributed by atoms with van der Waals surface area (Å²) in [4.78, 5) is 29.0. The van der Waals surface area contributed by atoms with Gasteiger partial charge < -0.3 is 10.2 Å². The average Bonchev–Trinajstić information content (AvgIpc) is 3.45. The number of carbonyl (C=O) groups is 2. The van der Waals surface area contributed by atoms with Gasteiger partial charge in [-0.3, -0.25) is 13.9 Å². The molecule has 2 amide bonds. The molecule has 0 bridgehead atoms. The van der Waals surface area contributed by atoms with Crippen molar-refractivity contribution in [2.75, 3.05) is 10.8 Å². The zero-order chi connectivity index (χ0) is 29.7. The first-order valence-electron chi connectivity index (χ1n) is 14.0. The molecule has 3 aromatic rings. The molecule has 0 aromatic heterocycles. The zero-order valence-electron chi connectivity index (χ0n) is 24.1. The first kappa shape index (κ1) is 30.6. The Hall–Kier alpha value is -3.36. The molecule has 1 atom stereocenters. The van der Waals surface area contributed by atoms with Crippen LogP contribution in [0.3, 0.4) is 0 Å². The number of halogens is 1. The van der Waals surface area contributed by atoms with Crippen LogP contribution in [0.2, 0.25) is 5.02 Å². The maximum Gasteiger partial charge on any atom is 0.264 e. The molecule has 0 saturated heterocycles. The summed E-state index contributed by atoms with van der Waals surface area (Å²) in [6.07, 6.45) is 3.97. The Balaban J connectivity index is 1.71. The molecule has 1 aliphatic carbocycles. The van der Waals surface area contributed by atoms with Gasteiger partial charge in [0.2, 0.25) is 11.8 Å². The van der Waals surface area contributed by atoms with Crippen LogP contribution in [0.5, 0.6) is 0 Å². The average molecular weight is 596 g/mol. The van der Waals surface area contributed by atoms with Crippen molar-refractivity contribution in [2.24, 2.45) is 0 Å². The monoisotopic (exact) mass is 595 g/mol. The third kappa shape index (κ3) is 7.49. The number of sulfonamides is 1. The third-order valence-corrected chi connectivity index (χ3v) is 9.68. The third-order valence-electron chi connectivity index (χ3n) is 7.67. The summed E-state index contributed by atoms with van der Waals surface area (Å²) in [6.45, 7) is 6.98. The molecule has 41 heavy (non-hydrogen) atoms. The molecule has 0 aliphatic heterocycles. The van der Waals surface area contributed by atoms with Gasteiger partial charge in [-0.25, -0.2) is 8.42 Å². The minimum absolute atomic E-state index is 0.0624. The number of nitrogens with zero attached hydrogens (tertiary/aromatic N) is 2. The maximum absolute atomic E-state index is 14.1. The molecule has 7 nitrogen and oxygen atoms in total. The van der Waals surface area contributed by atoms with Crippen LogP contribution in [-0.4, -0.2) is 43.8 Å². The number of nitrogens with one attached hydrogen (secondary N) is 1. The quantitative estimate of drug-likeness (QED) is 0.314. The van der Waals surface area contributed by atoms with Crippen LogP contribution in [0.15, 0.2) is 71.6 Å². The van der Waals surface area contributed by atoms with Gasteiger partial charge in [0.1, 0.15) is 12.6 Å². The smallest absolute Gasteiger partial charge is 0.264 e. The van der Waals surface area contributed by atoms with E-state index in [1.165, 1.54) is 17.0 Å². The predicted molar refractivity (Wildman–Crippen MR) is 163 cm³/mol. The van der Waals surface area contributed by atoms with Crippen LogP contribution in [0.1, 0.15) is 54.9 Å². The molecule has 0 spiro atoms. The molecule has 1 fully saturated rings. The van der Waals surface area contributed by atoms with E-state index in [1.54, 1.807) is 44.2 Å². The van der Waals surface area contributed by atoms with Crippen molar-refractivity contribution >= 4 is 39.1 Å². The first-order chi connectivity index (χ1) is 19.5. The van der Waals surface area contributed by atoms with Crippen LogP contribution in [0.25, 0.3) is 0 Å². The number of hydrogen-bond acceptors (Lipinski definition) is 4. The summed E-state index contributed by atoms with van der Waals surface area (Å²) in [5.41, 5.74) is 3.79. The lowest BCUT2D eigenvalue weighted by Crippen LogP contribution is -2.52. The van der Waals surface area contributed by atoms with Crippen molar-refractivity contribution in [2.45, 2.75) is 76.9 Å². The summed E-state index contributed by atoms with van der Waals surface area (Å²) >= 11 is 6.30. The number of rotatable bonds is 10. The number of benzene rings is 3. The molecular formula is C32H38ClN3O4S. The Bertz CT molecular complexity index is 1480. The van der Waals surface area contributed by atoms with E-state index in [4.69, 9.17) is 11.6 Å². The van der Waals surface area contributed by atoms with Crippen LogP contribution in [0.4, 0.5) is 5.69 Å². The topological polar surface area (TPSA) is 86.8 Å². The second-order valence-corrected chi connectivity index (χ2v) is 13.2. The molecule has 0 radical (unpaired) electrons. The standard InChI is InChI=1S/C32H38ClN3O4S/c1-22-9-14-26(15-10-22)20-35(25(4)32(38)34-28-7-5-6-8-28)31(37)21-36(30-19-27(33)16-13-24(30)3)41(39,40)29-17-11-23(2)12-18-29/h9-19,25,28H,5-8,20-21H2,1-4H3,(H,34,38)/t25-/m1/s1. The fourth-order valence-electron chi connectivity index (χ4n) is 5.07. The van der Waals surface area contributed by atoms with E-state index in [0.29, 0.717) is 16.3 Å². The summed E-state index contributed by atoms with van der Waals surface area (Å²) < 4.78 is 29.2. The van der Waals surface area contributed by atoms with Crippen molar-refractivity contribution in [1.29, 1.82) is 0 Å². The molecule has 4 rings (SSSR count). The molecule has 1 N–H and O–H groups in total. The highest BCUT2D eigenvalue weighted by Gasteiger charge is 2.34. The van der Waals surface area contributed by atoms with Gasteiger partial charge in [-0.1, -0.05) is 78.0 Å². The van der Waals surface area contributed by atoms with Crippen LogP contribution in [0, 0.1) is 20.8 Å². The van der Waals surface area contributed by atoms with E-state index in [2.05, 4.69) is 5.32 Å². The van der Waals surface area contributed by atoms with Crippen molar-refractivity contribution in [3.63, 3.8) is 0 Å². The van der Waals surface area contributed by atoms with Gasteiger partial charge in [0, 0.05) is 17.6 Å². The van der Waals surface area contributed by atoms with E-state index >= 15 is 0 Å². The lowest BCUT2D eigenvalue weighted by molar-refractivity contribution is -0.139. The van der Waals surface area contributed by atoms with E-state index in [9.17, 15) is 18.0 Å². The first-order valence-corrected chi connectivity index (χ1v) is 15.8. The second-order valence-electron chi connectivity index (χ2n) is 10.9. The Morgan fingerprint density at radius 1 is 0.927 bits per heavy atom. The van der Waals surface area contributed by atoms with Crippen molar-refractivity contribution in [3.05, 3.63) is 94.0 Å². The van der Waals surface area contributed by atoms with Crippen LogP contribution in [-0.2, 0) is 26.2 Å². The SMILES string of the molecule is Cc1ccc(CN(C(=O)CN(c2cc(Cl)ccc2C)S(=O)(=O)c2ccc(C)cc2)[C@H](C)C(=O)NC2CCCC2)cc1. The maximum atomic E-state index is 14.1. The summed E-state index contributed by atoms with van der Waals surface area (Å²) in [5, 5.41) is 3.44. The van der Waals surface area contributed by atoms with Gasteiger partial charge in [0.25, 0.3) is 10.0 Å². The predicted octanol–water partition coefficient (Wildman–Crippen LogP) is 5.94. The molecule has 218 valence electrons. The lowest BCUT2D eigenvalue weighted by Gasteiger charge is -2.33. The summed E-state index contributed by atoms with van der Waals surface area (Å²) in [5.74, 6) is -0.737. The van der Waals surface area contributed by atoms with Crippen LogP contribution >= 0.6 is 11.6 Å². The Kier molecular flexibility index (Phi) is 9.76. The van der Waals surface area contributed by atoms with Gasteiger partial charge in [-0.15, -0.1) is 0 Å². The number of anilines is 1. The van der Waals surface area contributed by atoms with E-state index in [0.717, 1.165) is 46.7 Å². The number of hydrogen-bond donors (Lipinski definition) is 1. The molecular weight excluding hydrogens is 558 g/mol. The summed E-state index contributed by atoms with van der Waals surface area (Å²) in [6, 6.07) is 18.5. The van der Waals surface area contributed by atoms with Crippen molar-refractivity contribution in [3.8, 4) is 0 Å². The minimum atomic E-state index is -4.16. The van der Waals surface area contributed by atoms with Crippen molar-refractivity contribution < 1.29 is 18.0 Å². The largest absolute Gasteiger partial charge is 0.352 e. The second kappa shape index (κ2) is 13.1. The Morgan fingerprint density at radius 3 is 2.12 bits per heavy atom. The van der Waals surface area contributed by atoms with Crippen LogP contribution < -0.4 is 9.62 Å². The number of amides is 2. The zero-order valence-corrected chi connectivity index (χ0v) is 25.6. The van der Waals surface area contributed by atoms with E-state index in [1.807, 2.05) is 38.1 Å².